The molecule has 10 heteroatoms. The topological polar surface area (TPSA) is 93.7 Å². The molecule has 142 valence electrons. The minimum Gasteiger partial charge on any atom is -0.352 e. The second-order valence-corrected chi connectivity index (χ2v) is 6.85. The van der Waals surface area contributed by atoms with Crippen molar-refractivity contribution in [2.24, 2.45) is 7.05 Å². The van der Waals surface area contributed by atoms with Gasteiger partial charge in [-0.05, 0) is 25.1 Å². The van der Waals surface area contributed by atoms with Gasteiger partial charge in [-0.25, -0.2) is 19.6 Å². The van der Waals surface area contributed by atoms with Crippen LogP contribution in [0.1, 0.15) is 5.69 Å². The summed E-state index contributed by atoms with van der Waals surface area (Å²) in [5, 5.41) is 13.1. The first-order valence-electron chi connectivity index (χ1n) is 9.17. The van der Waals surface area contributed by atoms with Crippen molar-refractivity contribution < 1.29 is 0 Å². The first-order chi connectivity index (χ1) is 13.7. The molecule has 0 aromatic carbocycles. The largest absolute Gasteiger partial charge is 0.352 e. The van der Waals surface area contributed by atoms with E-state index in [2.05, 4.69) is 40.0 Å². The lowest BCUT2D eigenvalue weighted by molar-refractivity contribution is 0.637. The molecule has 0 N–H and O–H groups in total. The van der Waals surface area contributed by atoms with Gasteiger partial charge in [0.2, 0.25) is 0 Å². The van der Waals surface area contributed by atoms with Gasteiger partial charge in [-0.1, -0.05) is 0 Å². The van der Waals surface area contributed by atoms with Crippen molar-refractivity contribution in [1.29, 1.82) is 0 Å². The molecule has 1 saturated heterocycles. The van der Waals surface area contributed by atoms with Crippen molar-refractivity contribution in [2.75, 3.05) is 36.0 Å². The molecule has 0 bridgehead atoms. The Bertz CT molecular complexity index is 1110. The summed E-state index contributed by atoms with van der Waals surface area (Å²) >= 11 is 0. The summed E-state index contributed by atoms with van der Waals surface area (Å²) in [5.74, 6) is 2.48. The minimum atomic E-state index is 0.717. The molecule has 1 aliphatic rings. The second kappa shape index (κ2) is 6.55. The number of hydrogen-bond donors (Lipinski definition) is 0. The van der Waals surface area contributed by atoms with E-state index in [0.717, 1.165) is 54.7 Å². The highest BCUT2D eigenvalue weighted by Gasteiger charge is 2.22. The fraction of sp³-hybridized carbons (Fsp3) is 0.333. The third-order valence-corrected chi connectivity index (χ3v) is 4.97. The molecule has 0 aliphatic carbocycles. The zero-order valence-electron chi connectivity index (χ0n) is 15.8. The van der Waals surface area contributed by atoms with E-state index < -0.39 is 0 Å². The smallest absolute Gasteiger partial charge is 0.175 e. The van der Waals surface area contributed by atoms with Crippen LogP contribution in [0, 0.1) is 6.92 Å². The summed E-state index contributed by atoms with van der Waals surface area (Å²) in [6.45, 7) is 5.31. The molecule has 5 rings (SSSR count). The maximum absolute atomic E-state index is 4.47. The zero-order chi connectivity index (χ0) is 19.1. The molecular formula is C18H20N10. The molecule has 0 radical (unpaired) electrons. The Labute approximate surface area is 161 Å². The van der Waals surface area contributed by atoms with E-state index in [-0.39, 0.29) is 0 Å². The number of rotatable bonds is 3. The predicted octanol–water partition coefficient (Wildman–Crippen LogP) is 0.974. The van der Waals surface area contributed by atoms with Crippen molar-refractivity contribution in [3.8, 4) is 5.82 Å². The number of nitrogens with zero attached hydrogens (tertiary/aromatic N) is 10. The van der Waals surface area contributed by atoms with Gasteiger partial charge in [0.15, 0.2) is 28.6 Å². The van der Waals surface area contributed by atoms with Gasteiger partial charge in [0.25, 0.3) is 0 Å². The summed E-state index contributed by atoms with van der Waals surface area (Å²) in [4.78, 5) is 17.7. The molecule has 0 amide bonds. The van der Waals surface area contributed by atoms with Gasteiger partial charge in [0, 0.05) is 39.4 Å². The molecule has 4 aromatic rings. The van der Waals surface area contributed by atoms with Crippen LogP contribution >= 0.6 is 0 Å². The highest BCUT2D eigenvalue weighted by Crippen LogP contribution is 2.23. The van der Waals surface area contributed by atoms with E-state index in [4.69, 9.17) is 0 Å². The molecule has 28 heavy (non-hydrogen) atoms. The summed E-state index contributed by atoms with van der Waals surface area (Å²) in [7, 11) is 1.94. The molecule has 0 spiro atoms. The monoisotopic (exact) mass is 376 g/mol. The maximum Gasteiger partial charge on any atom is 0.175 e. The summed E-state index contributed by atoms with van der Waals surface area (Å²) in [6, 6.07) is 5.89. The van der Waals surface area contributed by atoms with Crippen molar-refractivity contribution in [2.45, 2.75) is 6.92 Å². The molecule has 0 atom stereocenters. The van der Waals surface area contributed by atoms with Crippen LogP contribution in [0.2, 0.25) is 0 Å². The number of hydrogen-bond acceptors (Lipinski definition) is 8. The van der Waals surface area contributed by atoms with Crippen LogP contribution in [0.3, 0.4) is 0 Å². The first-order valence-corrected chi connectivity index (χ1v) is 9.17. The van der Waals surface area contributed by atoms with E-state index in [0.29, 0.717) is 5.82 Å². The number of anilines is 2. The molecule has 1 aliphatic heterocycles. The lowest BCUT2D eigenvalue weighted by Crippen LogP contribution is -2.47. The Morgan fingerprint density at radius 3 is 2.32 bits per heavy atom. The van der Waals surface area contributed by atoms with Crippen LogP contribution in [-0.4, -0.2) is 65.7 Å². The van der Waals surface area contributed by atoms with Crippen LogP contribution in [-0.2, 0) is 7.05 Å². The summed E-state index contributed by atoms with van der Waals surface area (Å²) < 4.78 is 3.65. The molecule has 5 heterocycles. The summed E-state index contributed by atoms with van der Waals surface area (Å²) in [5.41, 5.74) is 2.65. The average molecular weight is 376 g/mol. The third-order valence-electron chi connectivity index (χ3n) is 4.97. The Balaban J connectivity index is 1.30. The lowest BCUT2D eigenvalue weighted by atomic mass is 10.3. The fourth-order valence-corrected chi connectivity index (χ4v) is 3.46. The number of piperazine rings is 1. The molecule has 1 fully saturated rings. The Hall–Kier alpha value is -3.56. The van der Waals surface area contributed by atoms with Gasteiger partial charge in [-0.15, -0.1) is 10.2 Å². The van der Waals surface area contributed by atoms with Gasteiger partial charge >= 0.3 is 0 Å². The number of imidazole rings is 1. The molecule has 4 aromatic heterocycles. The quantitative estimate of drug-likeness (QED) is 0.522. The van der Waals surface area contributed by atoms with Crippen molar-refractivity contribution >= 4 is 22.8 Å². The highest BCUT2D eigenvalue weighted by molar-refractivity contribution is 5.83. The average Bonchev–Trinajstić information content (AvgIpc) is 3.34. The van der Waals surface area contributed by atoms with Crippen LogP contribution in [0.5, 0.6) is 0 Å². The van der Waals surface area contributed by atoms with E-state index in [1.54, 1.807) is 17.3 Å². The molecule has 0 saturated carbocycles. The van der Waals surface area contributed by atoms with Crippen LogP contribution < -0.4 is 9.80 Å². The van der Waals surface area contributed by atoms with Crippen LogP contribution in [0.15, 0.2) is 37.1 Å². The van der Waals surface area contributed by atoms with E-state index in [1.807, 2.05) is 42.9 Å². The minimum absolute atomic E-state index is 0.717. The van der Waals surface area contributed by atoms with Gasteiger partial charge < -0.3 is 14.4 Å². The van der Waals surface area contributed by atoms with Crippen LogP contribution in [0.4, 0.5) is 11.6 Å². The Morgan fingerprint density at radius 2 is 1.61 bits per heavy atom. The SMILES string of the molecule is Cc1ccn(-c2ccc(N3CCN(c4ncnc5c4ncn5C)CC3)nn2)n1. The van der Waals surface area contributed by atoms with Crippen molar-refractivity contribution in [3.05, 3.63) is 42.7 Å². The normalized spacial score (nSPS) is 14.8. The highest BCUT2D eigenvalue weighted by atomic mass is 15.4. The van der Waals surface area contributed by atoms with Gasteiger partial charge in [0.05, 0.1) is 12.0 Å². The summed E-state index contributed by atoms with van der Waals surface area (Å²) in [6.07, 6.45) is 5.27. The molecule has 10 nitrogen and oxygen atoms in total. The number of aryl methyl sites for hydroxylation is 2. The van der Waals surface area contributed by atoms with Gasteiger partial charge in [-0.2, -0.15) is 5.10 Å². The van der Waals surface area contributed by atoms with Crippen molar-refractivity contribution in [3.63, 3.8) is 0 Å². The standard InChI is InChI=1S/C18H20N10/c1-13-5-6-28(24-13)15-4-3-14(22-23-15)26-7-9-27(10-8-26)18-16-17(19-11-20-18)25(2)12-21-16/h3-6,11-12H,7-10H2,1-2H3. The van der Waals surface area contributed by atoms with Crippen LogP contribution in [0.25, 0.3) is 17.0 Å². The zero-order valence-corrected chi connectivity index (χ0v) is 15.8. The van der Waals surface area contributed by atoms with E-state index in [1.165, 1.54) is 0 Å². The van der Waals surface area contributed by atoms with Crippen molar-refractivity contribution in [1.82, 2.24) is 39.5 Å². The van der Waals surface area contributed by atoms with Gasteiger partial charge in [0.1, 0.15) is 6.33 Å². The Kier molecular flexibility index (Phi) is 3.89. The first kappa shape index (κ1) is 16.6. The molecule has 0 unspecified atom stereocenters. The second-order valence-electron chi connectivity index (χ2n) is 6.85. The van der Waals surface area contributed by atoms with Gasteiger partial charge in [-0.3, -0.25) is 0 Å². The van der Waals surface area contributed by atoms with E-state index in [9.17, 15) is 0 Å². The molecular weight excluding hydrogens is 356 g/mol. The predicted molar refractivity (Wildman–Crippen MR) is 105 cm³/mol. The number of aromatic nitrogens is 8. The number of fused-ring (bicyclic) bond motifs is 1. The third kappa shape index (κ3) is 2.82. The lowest BCUT2D eigenvalue weighted by Gasteiger charge is -2.35. The maximum atomic E-state index is 4.47. The Morgan fingerprint density at radius 1 is 0.857 bits per heavy atom. The fourth-order valence-electron chi connectivity index (χ4n) is 3.46. The van der Waals surface area contributed by atoms with E-state index >= 15 is 0 Å².